The second-order valence-electron chi connectivity index (χ2n) is 3.60. The molecule has 0 heterocycles. The second kappa shape index (κ2) is 5.63. The van der Waals surface area contributed by atoms with Crippen molar-refractivity contribution in [2.24, 2.45) is 5.10 Å². The number of aryl methyl sites for hydroxylation is 1. The number of nitrogens with zero attached hydrogens (tertiary/aromatic N) is 1. The van der Waals surface area contributed by atoms with E-state index in [1.54, 1.807) is 12.1 Å². The lowest BCUT2D eigenvalue weighted by atomic mass is 10.2. The first-order chi connectivity index (χ1) is 8.36. The Hall–Kier alpha value is -1.89. The predicted molar refractivity (Wildman–Crippen MR) is 66.6 cm³/mol. The summed E-state index contributed by atoms with van der Waals surface area (Å²) in [6.07, 6.45) is 0. The zero-order valence-corrected chi connectivity index (χ0v) is 11.1. The van der Waals surface area contributed by atoms with Crippen LogP contribution in [-0.2, 0) is 19.6 Å². The van der Waals surface area contributed by atoms with Gasteiger partial charge in [-0.3, -0.25) is 0 Å². The van der Waals surface area contributed by atoms with E-state index < -0.39 is 16.0 Å². The Morgan fingerprint density at radius 2 is 1.83 bits per heavy atom. The number of benzene rings is 1. The molecule has 0 unspecified atom stereocenters. The molecular formula is C11H14N2O4S. The summed E-state index contributed by atoms with van der Waals surface area (Å²) in [5, 5.41) is 3.47. The third-order valence-corrected chi connectivity index (χ3v) is 3.37. The number of hydrazone groups is 1. The molecule has 6 nitrogen and oxygen atoms in total. The van der Waals surface area contributed by atoms with E-state index in [0.717, 1.165) is 5.56 Å². The van der Waals surface area contributed by atoms with Crippen LogP contribution in [0.3, 0.4) is 0 Å². The van der Waals surface area contributed by atoms with Gasteiger partial charge in [0.2, 0.25) is 0 Å². The van der Waals surface area contributed by atoms with Crippen molar-refractivity contribution in [1.82, 2.24) is 4.83 Å². The second-order valence-corrected chi connectivity index (χ2v) is 5.26. The van der Waals surface area contributed by atoms with Crippen LogP contribution < -0.4 is 4.83 Å². The van der Waals surface area contributed by atoms with E-state index in [9.17, 15) is 13.2 Å². The third-order valence-electron chi connectivity index (χ3n) is 2.15. The number of esters is 1. The molecule has 1 aromatic rings. The number of hydrogen-bond acceptors (Lipinski definition) is 5. The molecule has 0 aliphatic rings. The van der Waals surface area contributed by atoms with Crippen molar-refractivity contribution in [1.29, 1.82) is 0 Å². The maximum absolute atomic E-state index is 11.8. The highest BCUT2D eigenvalue weighted by molar-refractivity contribution is 7.89. The Labute approximate surface area is 106 Å². The summed E-state index contributed by atoms with van der Waals surface area (Å²) in [5.74, 6) is -0.693. The molecule has 0 amide bonds. The Bertz CT molecular complexity index is 561. The van der Waals surface area contributed by atoms with Crippen molar-refractivity contribution in [3.8, 4) is 0 Å². The zero-order chi connectivity index (χ0) is 13.8. The molecule has 0 aliphatic carbocycles. The fraction of sp³-hybridized carbons (Fsp3) is 0.273. The summed E-state index contributed by atoms with van der Waals surface area (Å²) in [6, 6.07) is 6.26. The van der Waals surface area contributed by atoms with Gasteiger partial charge in [0.15, 0.2) is 0 Å². The molecule has 0 fully saturated rings. The number of ether oxygens (including phenoxy) is 1. The van der Waals surface area contributed by atoms with E-state index in [0.29, 0.717) is 0 Å². The molecule has 98 valence electrons. The van der Waals surface area contributed by atoms with Gasteiger partial charge in [-0.2, -0.15) is 18.4 Å². The molecule has 0 aromatic heterocycles. The average Bonchev–Trinajstić information content (AvgIpc) is 2.35. The average molecular weight is 270 g/mol. The third kappa shape index (κ3) is 3.56. The molecule has 0 radical (unpaired) electrons. The van der Waals surface area contributed by atoms with Crippen molar-refractivity contribution in [3.05, 3.63) is 29.8 Å². The highest BCUT2D eigenvalue weighted by Crippen LogP contribution is 2.09. The summed E-state index contributed by atoms with van der Waals surface area (Å²) >= 11 is 0. The molecule has 0 saturated heterocycles. The van der Waals surface area contributed by atoms with Crippen LogP contribution in [0.2, 0.25) is 0 Å². The van der Waals surface area contributed by atoms with E-state index >= 15 is 0 Å². The molecule has 18 heavy (non-hydrogen) atoms. The summed E-state index contributed by atoms with van der Waals surface area (Å²) in [5.41, 5.74) is 0.872. The van der Waals surface area contributed by atoms with Crippen molar-refractivity contribution < 1.29 is 17.9 Å². The van der Waals surface area contributed by atoms with Crippen LogP contribution in [0.25, 0.3) is 0 Å². The Kier molecular flexibility index (Phi) is 4.43. The van der Waals surface area contributed by atoms with Crippen LogP contribution in [0, 0.1) is 6.92 Å². The smallest absolute Gasteiger partial charge is 0.353 e. The van der Waals surface area contributed by atoms with Gasteiger partial charge in [0.1, 0.15) is 5.71 Å². The number of hydrogen-bond donors (Lipinski definition) is 1. The molecule has 0 spiro atoms. The predicted octanol–water partition coefficient (Wildman–Crippen LogP) is 0.822. The first-order valence-electron chi connectivity index (χ1n) is 5.08. The number of carbonyl (C=O) groups excluding carboxylic acids is 1. The van der Waals surface area contributed by atoms with Crippen LogP contribution in [-0.4, -0.2) is 27.2 Å². The summed E-state index contributed by atoms with van der Waals surface area (Å²) < 4.78 is 28.0. The molecule has 0 aliphatic heterocycles. The maximum Gasteiger partial charge on any atom is 0.353 e. The lowest BCUT2D eigenvalue weighted by molar-refractivity contribution is -0.132. The Morgan fingerprint density at radius 1 is 1.28 bits per heavy atom. The van der Waals surface area contributed by atoms with Crippen molar-refractivity contribution in [3.63, 3.8) is 0 Å². The molecule has 1 N–H and O–H groups in total. The molecule has 0 saturated carbocycles. The zero-order valence-electron chi connectivity index (χ0n) is 10.3. The summed E-state index contributed by atoms with van der Waals surface area (Å²) in [7, 11) is -2.57. The van der Waals surface area contributed by atoms with E-state index in [2.05, 4.69) is 9.84 Å². The van der Waals surface area contributed by atoms with Crippen LogP contribution in [0.5, 0.6) is 0 Å². The van der Waals surface area contributed by atoms with E-state index in [4.69, 9.17) is 0 Å². The van der Waals surface area contributed by atoms with Crippen LogP contribution in [0.15, 0.2) is 34.3 Å². The van der Waals surface area contributed by atoms with Crippen LogP contribution in [0.4, 0.5) is 0 Å². The highest BCUT2D eigenvalue weighted by atomic mass is 32.2. The maximum atomic E-state index is 11.8. The van der Waals surface area contributed by atoms with E-state index in [-0.39, 0.29) is 10.6 Å². The fourth-order valence-electron chi connectivity index (χ4n) is 1.09. The quantitative estimate of drug-likeness (QED) is 0.498. The van der Waals surface area contributed by atoms with Crippen molar-refractivity contribution >= 4 is 21.7 Å². The molecule has 0 atom stereocenters. The van der Waals surface area contributed by atoms with E-state index in [1.165, 1.54) is 26.2 Å². The lowest BCUT2D eigenvalue weighted by Gasteiger charge is -2.04. The van der Waals surface area contributed by atoms with Gasteiger partial charge in [-0.15, -0.1) is 0 Å². The number of sulfonamides is 1. The van der Waals surface area contributed by atoms with Gasteiger partial charge in [-0.1, -0.05) is 17.7 Å². The van der Waals surface area contributed by atoms with Gasteiger partial charge >= 0.3 is 5.97 Å². The molecular weight excluding hydrogens is 256 g/mol. The summed E-state index contributed by atoms with van der Waals surface area (Å²) in [6.45, 7) is 3.20. The molecule has 7 heteroatoms. The first kappa shape index (κ1) is 14.2. The largest absolute Gasteiger partial charge is 0.464 e. The minimum Gasteiger partial charge on any atom is -0.464 e. The normalized spacial score (nSPS) is 12.1. The molecule has 1 rings (SSSR count). The van der Waals surface area contributed by atoms with Gasteiger partial charge < -0.3 is 4.74 Å². The standard InChI is InChI=1S/C11H14N2O4S/c1-8-4-6-10(7-5-8)18(15,16)13-12-9(2)11(14)17-3/h4-7,13H,1-3H3/b12-9+. The van der Waals surface area contributed by atoms with Gasteiger partial charge in [0, 0.05) is 0 Å². The van der Waals surface area contributed by atoms with Gasteiger partial charge in [0.25, 0.3) is 10.0 Å². The first-order valence-corrected chi connectivity index (χ1v) is 6.56. The van der Waals surface area contributed by atoms with Crippen LogP contribution in [0.1, 0.15) is 12.5 Å². The number of nitrogens with one attached hydrogen (secondary N) is 1. The Balaban J connectivity index is 2.90. The fourth-order valence-corrected chi connectivity index (χ4v) is 1.95. The van der Waals surface area contributed by atoms with Gasteiger partial charge in [-0.25, -0.2) is 4.79 Å². The molecule has 1 aromatic carbocycles. The van der Waals surface area contributed by atoms with Crippen molar-refractivity contribution in [2.45, 2.75) is 18.7 Å². The number of methoxy groups -OCH3 is 1. The van der Waals surface area contributed by atoms with Gasteiger partial charge in [0.05, 0.1) is 12.0 Å². The monoisotopic (exact) mass is 270 g/mol. The lowest BCUT2D eigenvalue weighted by Crippen LogP contribution is -2.22. The minimum absolute atomic E-state index is 0.0758. The Morgan fingerprint density at radius 3 is 2.33 bits per heavy atom. The minimum atomic E-state index is -3.76. The SMILES string of the molecule is COC(=O)/C(C)=N/NS(=O)(=O)c1ccc(C)cc1. The number of carbonyl (C=O) groups is 1. The van der Waals surface area contributed by atoms with Crippen LogP contribution >= 0.6 is 0 Å². The van der Waals surface area contributed by atoms with Gasteiger partial charge in [-0.05, 0) is 26.0 Å². The highest BCUT2D eigenvalue weighted by Gasteiger charge is 2.13. The van der Waals surface area contributed by atoms with E-state index in [1.807, 2.05) is 11.8 Å². The van der Waals surface area contributed by atoms with Crippen molar-refractivity contribution in [2.75, 3.05) is 7.11 Å². The topological polar surface area (TPSA) is 84.8 Å². The number of rotatable bonds is 4. The summed E-state index contributed by atoms with van der Waals surface area (Å²) in [4.78, 5) is 13.1. The molecule has 0 bridgehead atoms.